The van der Waals surface area contributed by atoms with Crippen LogP contribution in [-0.2, 0) is 4.79 Å². The minimum absolute atomic E-state index is 0.0176. The summed E-state index contributed by atoms with van der Waals surface area (Å²) in [7, 11) is 0. The molecule has 2 unspecified atom stereocenters. The predicted octanol–water partition coefficient (Wildman–Crippen LogP) is 0.217. The molecule has 2 saturated heterocycles. The average Bonchev–Trinajstić information content (AvgIpc) is 2.47. The maximum absolute atomic E-state index is 12.3. The van der Waals surface area contributed by atoms with Gasteiger partial charge in [0.1, 0.15) is 6.33 Å². The number of likely N-dealkylation sites (tertiary alicyclic amines) is 1. The van der Waals surface area contributed by atoms with Crippen LogP contribution in [0.4, 0.5) is 0 Å². The molecule has 0 radical (unpaired) electrons. The van der Waals surface area contributed by atoms with E-state index in [-0.39, 0.29) is 17.9 Å². The molecule has 2 atom stereocenters. The van der Waals surface area contributed by atoms with Gasteiger partial charge in [-0.2, -0.15) is 0 Å². The average molecular weight is 260 g/mol. The van der Waals surface area contributed by atoms with Crippen molar-refractivity contribution in [1.82, 2.24) is 20.2 Å². The van der Waals surface area contributed by atoms with Gasteiger partial charge in [-0.05, 0) is 18.8 Å². The van der Waals surface area contributed by atoms with E-state index in [1.165, 1.54) is 6.33 Å². The van der Waals surface area contributed by atoms with Gasteiger partial charge in [-0.25, -0.2) is 9.97 Å². The van der Waals surface area contributed by atoms with Crippen LogP contribution in [0.1, 0.15) is 29.6 Å². The summed E-state index contributed by atoms with van der Waals surface area (Å²) in [6.07, 6.45) is 6.77. The van der Waals surface area contributed by atoms with Crippen molar-refractivity contribution in [3.05, 3.63) is 24.3 Å². The van der Waals surface area contributed by atoms with Crippen LogP contribution in [0.2, 0.25) is 0 Å². The van der Waals surface area contributed by atoms with Gasteiger partial charge < -0.3 is 10.2 Å². The first-order chi connectivity index (χ1) is 9.24. The van der Waals surface area contributed by atoms with Gasteiger partial charge in [-0.15, -0.1) is 0 Å². The van der Waals surface area contributed by atoms with E-state index in [0.717, 1.165) is 12.8 Å². The Kier molecular flexibility index (Phi) is 3.15. The molecule has 2 aliphatic rings. The van der Waals surface area contributed by atoms with Gasteiger partial charge in [0, 0.05) is 37.9 Å². The Labute approximate surface area is 111 Å². The van der Waals surface area contributed by atoms with Gasteiger partial charge in [0.05, 0.1) is 5.56 Å². The summed E-state index contributed by atoms with van der Waals surface area (Å²) < 4.78 is 0. The minimum atomic E-state index is -0.0176. The van der Waals surface area contributed by atoms with Crippen molar-refractivity contribution in [2.45, 2.75) is 25.3 Å². The zero-order chi connectivity index (χ0) is 13.2. The van der Waals surface area contributed by atoms with Crippen LogP contribution in [0.5, 0.6) is 0 Å². The molecule has 100 valence electrons. The van der Waals surface area contributed by atoms with Crippen LogP contribution >= 0.6 is 0 Å². The molecule has 2 fully saturated rings. The van der Waals surface area contributed by atoms with E-state index in [1.807, 2.05) is 4.90 Å². The normalized spacial score (nSPS) is 26.5. The largest absolute Gasteiger partial charge is 0.353 e. The van der Waals surface area contributed by atoms with Gasteiger partial charge in [0.15, 0.2) is 0 Å². The fourth-order valence-corrected chi connectivity index (χ4v) is 2.89. The van der Waals surface area contributed by atoms with E-state index in [0.29, 0.717) is 31.0 Å². The molecule has 0 bridgehead atoms. The minimum Gasteiger partial charge on any atom is -0.353 e. The van der Waals surface area contributed by atoms with Crippen molar-refractivity contribution in [1.29, 1.82) is 0 Å². The third-order valence-electron chi connectivity index (χ3n) is 3.92. The lowest BCUT2D eigenvalue weighted by molar-refractivity contribution is -0.125. The number of carbonyl (C=O) groups excluding carboxylic acids is 2. The van der Waals surface area contributed by atoms with Crippen LogP contribution in [0.3, 0.4) is 0 Å². The van der Waals surface area contributed by atoms with Crippen LogP contribution < -0.4 is 5.32 Å². The molecule has 6 nitrogen and oxygen atoms in total. The molecule has 0 aromatic carbocycles. The molecule has 3 rings (SSSR count). The molecule has 0 saturated carbocycles. The van der Waals surface area contributed by atoms with Crippen LogP contribution in [-0.4, -0.2) is 45.8 Å². The van der Waals surface area contributed by atoms with Gasteiger partial charge in [-0.1, -0.05) is 0 Å². The lowest BCUT2D eigenvalue weighted by Gasteiger charge is -2.41. The van der Waals surface area contributed by atoms with E-state index in [4.69, 9.17) is 0 Å². The summed E-state index contributed by atoms with van der Waals surface area (Å²) >= 11 is 0. The highest BCUT2D eigenvalue weighted by Crippen LogP contribution is 2.26. The quantitative estimate of drug-likeness (QED) is 0.783. The summed E-state index contributed by atoms with van der Waals surface area (Å²) in [5.41, 5.74) is 0.529. The summed E-state index contributed by atoms with van der Waals surface area (Å²) in [4.78, 5) is 33.2. The Bertz CT molecular complexity index is 491. The molecule has 19 heavy (non-hydrogen) atoms. The van der Waals surface area contributed by atoms with E-state index in [9.17, 15) is 9.59 Å². The Hall–Kier alpha value is -1.98. The number of aromatic nitrogens is 2. The van der Waals surface area contributed by atoms with Crippen LogP contribution in [0, 0.1) is 5.92 Å². The molecule has 1 aromatic rings. The molecule has 2 aliphatic heterocycles. The monoisotopic (exact) mass is 260 g/mol. The molecule has 0 spiro atoms. The van der Waals surface area contributed by atoms with Gasteiger partial charge in [0.2, 0.25) is 5.91 Å². The van der Waals surface area contributed by atoms with E-state index in [1.54, 1.807) is 12.4 Å². The zero-order valence-electron chi connectivity index (χ0n) is 10.6. The number of piperidine rings is 2. The van der Waals surface area contributed by atoms with E-state index < -0.39 is 0 Å². The number of nitrogens with zero attached hydrogens (tertiary/aromatic N) is 3. The van der Waals surface area contributed by atoms with Crippen LogP contribution in [0.25, 0.3) is 0 Å². The first-order valence-corrected chi connectivity index (χ1v) is 6.57. The second kappa shape index (κ2) is 4.95. The molecule has 3 heterocycles. The molecule has 1 aromatic heterocycles. The third-order valence-corrected chi connectivity index (χ3v) is 3.92. The first-order valence-electron chi connectivity index (χ1n) is 6.57. The SMILES string of the molecule is O=C1CCC2CN(C(=O)c3cncnc3)CCC2N1. The number of hydrogen-bond acceptors (Lipinski definition) is 4. The number of rotatable bonds is 1. The smallest absolute Gasteiger partial charge is 0.257 e. The second-order valence-electron chi connectivity index (χ2n) is 5.14. The summed E-state index contributed by atoms with van der Waals surface area (Å²) in [6, 6.07) is 0.234. The van der Waals surface area contributed by atoms with Crippen LogP contribution in [0.15, 0.2) is 18.7 Å². The van der Waals surface area contributed by atoms with Crippen molar-refractivity contribution >= 4 is 11.8 Å². The fourth-order valence-electron chi connectivity index (χ4n) is 2.89. The lowest BCUT2D eigenvalue weighted by atomic mass is 9.85. The van der Waals surface area contributed by atoms with Gasteiger partial charge in [0.25, 0.3) is 5.91 Å². The van der Waals surface area contributed by atoms with E-state index in [2.05, 4.69) is 15.3 Å². The standard InChI is InChI=1S/C13H16N4O2/c18-12-2-1-9-7-17(4-3-11(9)16-12)13(19)10-5-14-8-15-6-10/h5-6,8-9,11H,1-4,7H2,(H,16,18). The topological polar surface area (TPSA) is 75.2 Å². The van der Waals surface area contributed by atoms with Crippen molar-refractivity contribution in [3.63, 3.8) is 0 Å². The highest BCUT2D eigenvalue weighted by molar-refractivity contribution is 5.93. The number of carbonyl (C=O) groups is 2. The Balaban J connectivity index is 1.68. The molecular formula is C13H16N4O2. The summed E-state index contributed by atoms with van der Waals surface area (Å²) in [5, 5.41) is 3.02. The molecule has 6 heteroatoms. The maximum Gasteiger partial charge on any atom is 0.257 e. The Morgan fingerprint density at radius 1 is 1.32 bits per heavy atom. The Morgan fingerprint density at radius 2 is 2.11 bits per heavy atom. The fraction of sp³-hybridized carbons (Fsp3) is 0.538. The molecular weight excluding hydrogens is 244 g/mol. The highest BCUT2D eigenvalue weighted by Gasteiger charge is 2.35. The predicted molar refractivity (Wildman–Crippen MR) is 67.2 cm³/mol. The van der Waals surface area contributed by atoms with Gasteiger partial charge >= 0.3 is 0 Å². The number of hydrogen-bond donors (Lipinski definition) is 1. The molecule has 0 aliphatic carbocycles. The Morgan fingerprint density at radius 3 is 2.89 bits per heavy atom. The summed E-state index contributed by atoms with van der Waals surface area (Å²) in [5.74, 6) is 0.494. The third kappa shape index (κ3) is 2.43. The number of fused-ring (bicyclic) bond motifs is 1. The number of nitrogens with one attached hydrogen (secondary N) is 1. The first kappa shape index (κ1) is 12.1. The zero-order valence-corrected chi connectivity index (χ0v) is 10.6. The van der Waals surface area contributed by atoms with Crippen molar-refractivity contribution in [3.8, 4) is 0 Å². The number of amides is 2. The maximum atomic E-state index is 12.3. The van der Waals surface area contributed by atoms with Crippen molar-refractivity contribution in [2.75, 3.05) is 13.1 Å². The lowest BCUT2D eigenvalue weighted by Crippen LogP contribution is -2.55. The van der Waals surface area contributed by atoms with E-state index >= 15 is 0 Å². The molecule has 1 N–H and O–H groups in total. The van der Waals surface area contributed by atoms with Crippen molar-refractivity contribution in [2.24, 2.45) is 5.92 Å². The van der Waals surface area contributed by atoms with Gasteiger partial charge in [-0.3, -0.25) is 9.59 Å². The summed E-state index contributed by atoms with van der Waals surface area (Å²) in [6.45, 7) is 1.38. The highest BCUT2D eigenvalue weighted by atomic mass is 16.2. The molecule has 2 amide bonds. The second-order valence-corrected chi connectivity index (χ2v) is 5.14. The van der Waals surface area contributed by atoms with Crippen molar-refractivity contribution < 1.29 is 9.59 Å².